The number of nitrogen functional groups attached to an aromatic ring is 1. The maximum atomic E-state index is 12.3. The van der Waals surface area contributed by atoms with Crippen LogP contribution in [0.4, 0.5) is 11.6 Å². The minimum Gasteiger partial charge on any atom is -0.492 e. The zero-order valence-corrected chi connectivity index (χ0v) is 16.3. The molecule has 1 aromatic carbocycles. The van der Waals surface area contributed by atoms with Crippen molar-refractivity contribution < 1.29 is 19.5 Å². The van der Waals surface area contributed by atoms with Gasteiger partial charge in [0.25, 0.3) is 5.91 Å². The van der Waals surface area contributed by atoms with Gasteiger partial charge in [-0.15, -0.1) is 0 Å². The third kappa shape index (κ3) is 5.59. The molecule has 0 bridgehead atoms. The molecule has 0 aliphatic heterocycles. The fourth-order valence-electron chi connectivity index (χ4n) is 2.69. The van der Waals surface area contributed by atoms with Crippen LogP contribution in [0.25, 0.3) is 11.2 Å². The van der Waals surface area contributed by atoms with Gasteiger partial charge in [-0.3, -0.25) is 9.59 Å². The van der Waals surface area contributed by atoms with Gasteiger partial charge >= 0.3 is 0 Å². The lowest BCUT2D eigenvalue weighted by molar-refractivity contribution is -0.118. The molecule has 31 heavy (non-hydrogen) atoms. The van der Waals surface area contributed by atoms with Crippen LogP contribution in [-0.2, 0) is 16.1 Å². The quantitative estimate of drug-likeness (QED) is 0.288. The Morgan fingerprint density at radius 3 is 2.58 bits per heavy atom. The molecule has 0 radical (unpaired) electrons. The second kappa shape index (κ2) is 9.43. The molecule has 0 unspecified atom stereocenters. The van der Waals surface area contributed by atoms with Crippen molar-refractivity contribution in [3.8, 4) is 5.88 Å². The SMILES string of the molecule is NC(=O)CC[C@H](C=O)NC(=O)c1ccc(NCc2cnc3nc(N)nc(O)c3n2)cc1. The molecule has 12 heteroatoms. The predicted molar refractivity (Wildman–Crippen MR) is 111 cm³/mol. The second-order valence-corrected chi connectivity index (χ2v) is 6.59. The summed E-state index contributed by atoms with van der Waals surface area (Å²) in [5.74, 6) is -1.43. The van der Waals surface area contributed by atoms with Crippen LogP contribution < -0.4 is 22.1 Å². The van der Waals surface area contributed by atoms with Crippen molar-refractivity contribution in [3.05, 3.63) is 41.7 Å². The number of aromatic hydroxyl groups is 1. The molecule has 0 saturated heterocycles. The van der Waals surface area contributed by atoms with Gasteiger partial charge in [-0.2, -0.15) is 9.97 Å². The van der Waals surface area contributed by atoms with E-state index in [9.17, 15) is 19.5 Å². The molecule has 0 saturated carbocycles. The van der Waals surface area contributed by atoms with E-state index in [2.05, 4.69) is 30.6 Å². The Bertz CT molecular complexity index is 1120. The van der Waals surface area contributed by atoms with Crippen LogP contribution in [0.15, 0.2) is 30.5 Å². The van der Waals surface area contributed by atoms with Crippen molar-refractivity contribution >= 4 is 40.9 Å². The second-order valence-electron chi connectivity index (χ2n) is 6.59. The third-order valence-electron chi connectivity index (χ3n) is 4.26. The van der Waals surface area contributed by atoms with Crippen LogP contribution in [0.2, 0.25) is 0 Å². The number of anilines is 2. The molecular weight excluding hydrogens is 404 g/mol. The van der Waals surface area contributed by atoms with E-state index >= 15 is 0 Å². The number of aromatic nitrogens is 4. The number of nitrogens with one attached hydrogen (secondary N) is 2. The monoisotopic (exact) mass is 424 g/mol. The molecule has 3 rings (SSSR count). The smallest absolute Gasteiger partial charge is 0.251 e. The van der Waals surface area contributed by atoms with Crippen molar-refractivity contribution in [2.75, 3.05) is 11.1 Å². The number of carbonyl (C=O) groups is 3. The highest BCUT2D eigenvalue weighted by atomic mass is 16.3. The van der Waals surface area contributed by atoms with E-state index in [1.54, 1.807) is 24.3 Å². The average molecular weight is 424 g/mol. The number of carbonyl (C=O) groups excluding carboxylic acids is 3. The van der Waals surface area contributed by atoms with Crippen LogP contribution in [-0.4, -0.2) is 49.2 Å². The highest BCUT2D eigenvalue weighted by molar-refractivity contribution is 5.96. The van der Waals surface area contributed by atoms with Crippen LogP contribution in [0.5, 0.6) is 5.88 Å². The lowest BCUT2D eigenvalue weighted by Gasteiger charge is -2.12. The minimum atomic E-state index is -0.792. The van der Waals surface area contributed by atoms with Crippen molar-refractivity contribution in [2.24, 2.45) is 5.73 Å². The van der Waals surface area contributed by atoms with Crippen LogP contribution in [0.3, 0.4) is 0 Å². The van der Waals surface area contributed by atoms with Crippen molar-refractivity contribution in [1.82, 2.24) is 25.3 Å². The molecule has 0 fully saturated rings. The summed E-state index contributed by atoms with van der Waals surface area (Å²) in [5.41, 5.74) is 12.4. The molecule has 0 aliphatic rings. The summed E-state index contributed by atoms with van der Waals surface area (Å²) >= 11 is 0. The third-order valence-corrected chi connectivity index (χ3v) is 4.26. The molecule has 0 aliphatic carbocycles. The van der Waals surface area contributed by atoms with E-state index in [0.29, 0.717) is 29.8 Å². The number of hydrogen-bond donors (Lipinski definition) is 5. The summed E-state index contributed by atoms with van der Waals surface area (Å²) < 4.78 is 0. The largest absolute Gasteiger partial charge is 0.492 e. The first-order valence-corrected chi connectivity index (χ1v) is 9.22. The predicted octanol–water partition coefficient (Wildman–Crippen LogP) is -0.117. The molecule has 7 N–H and O–H groups in total. The first kappa shape index (κ1) is 21.4. The lowest BCUT2D eigenvalue weighted by Crippen LogP contribution is -2.36. The highest BCUT2D eigenvalue weighted by Crippen LogP contribution is 2.18. The maximum absolute atomic E-state index is 12.3. The lowest BCUT2D eigenvalue weighted by atomic mass is 10.1. The number of hydrogen-bond acceptors (Lipinski definition) is 10. The molecule has 160 valence electrons. The summed E-state index contributed by atoms with van der Waals surface area (Å²) in [4.78, 5) is 50.1. The Labute approximate surface area is 176 Å². The molecule has 3 aromatic rings. The fourth-order valence-corrected chi connectivity index (χ4v) is 2.69. The molecule has 1 atom stereocenters. The number of nitrogens with two attached hydrogens (primary N) is 2. The summed E-state index contributed by atoms with van der Waals surface area (Å²) in [6.07, 6.45) is 2.21. The van der Waals surface area contributed by atoms with Crippen molar-refractivity contribution in [3.63, 3.8) is 0 Å². The average Bonchev–Trinajstić information content (AvgIpc) is 2.75. The van der Waals surface area contributed by atoms with Gasteiger partial charge in [0.05, 0.1) is 24.5 Å². The van der Waals surface area contributed by atoms with Crippen LogP contribution >= 0.6 is 0 Å². The van der Waals surface area contributed by atoms with Gasteiger partial charge in [0, 0.05) is 17.7 Å². The zero-order valence-electron chi connectivity index (χ0n) is 16.3. The molecular formula is C19H20N8O4. The van der Waals surface area contributed by atoms with Gasteiger partial charge in [-0.1, -0.05) is 0 Å². The Balaban J connectivity index is 1.60. The van der Waals surface area contributed by atoms with Crippen LogP contribution in [0, 0.1) is 0 Å². The van der Waals surface area contributed by atoms with E-state index in [0.717, 1.165) is 0 Å². The summed E-state index contributed by atoms with van der Waals surface area (Å²) in [7, 11) is 0. The Morgan fingerprint density at radius 2 is 1.90 bits per heavy atom. The maximum Gasteiger partial charge on any atom is 0.251 e. The summed E-state index contributed by atoms with van der Waals surface area (Å²) in [6, 6.07) is 5.75. The standard InChI is InChI=1S/C19H20N8O4/c20-14(29)6-5-12(9-28)25-17(30)10-1-3-11(4-2-10)22-7-13-8-23-16-15(24-13)18(31)27-19(21)26-16/h1-4,8-9,12,22H,5-7H2,(H2,20,29)(H,25,30)(H3,21,23,26,27,31)/t12-/m1/s1. The number of benzene rings is 1. The number of amides is 2. The Hall–Kier alpha value is -4.35. The number of nitrogens with zero attached hydrogens (tertiary/aromatic N) is 4. The van der Waals surface area contributed by atoms with E-state index in [1.165, 1.54) is 6.20 Å². The number of primary amides is 1. The molecule has 12 nitrogen and oxygen atoms in total. The van der Waals surface area contributed by atoms with E-state index in [4.69, 9.17) is 11.5 Å². The van der Waals surface area contributed by atoms with Crippen molar-refractivity contribution in [2.45, 2.75) is 25.4 Å². The van der Waals surface area contributed by atoms with Gasteiger partial charge in [0.15, 0.2) is 11.2 Å². The number of rotatable bonds is 9. The Kier molecular flexibility index (Phi) is 6.50. The van der Waals surface area contributed by atoms with Crippen molar-refractivity contribution in [1.29, 1.82) is 0 Å². The van der Waals surface area contributed by atoms with Gasteiger partial charge in [-0.25, -0.2) is 9.97 Å². The Morgan fingerprint density at radius 1 is 1.16 bits per heavy atom. The summed E-state index contributed by atoms with van der Waals surface area (Å²) in [5, 5.41) is 15.5. The zero-order chi connectivity index (χ0) is 22.4. The van der Waals surface area contributed by atoms with Crippen LogP contribution in [0.1, 0.15) is 28.9 Å². The number of aldehydes is 1. The van der Waals surface area contributed by atoms with Gasteiger partial charge in [0.2, 0.25) is 17.7 Å². The number of fused-ring (bicyclic) bond motifs is 1. The van der Waals surface area contributed by atoms with E-state index in [1.807, 2.05) is 0 Å². The fraction of sp³-hybridized carbons (Fsp3) is 0.211. The molecule has 2 aromatic heterocycles. The highest BCUT2D eigenvalue weighted by Gasteiger charge is 2.14. The first-order chi connectivity index (χ1) is 14.9. The molecule has 2 heterocycles. The topological polar surface area (TPSA) is 199 Å². The first-order valence-electron chi connectivity index (χ1n) is 9.22. The van der Waals surface area contributed by atoms with Gasteiger partial charge < -0.3 is 32.0 Å². The van der Waals surface area contributed by atoms with Gasteiger partial charge in [0.1, 0.15) is 6.29 Å². The molecule has 2 amide bonds. The normalized spacial score (nSPS) is 11.6. The van der Waals surface area contributed by atoms with E-state index < -0.39 is 17.9 Å². The molecule has 0 spiro atoms. The van der Waals surface area contributed by atoms with E-state index in [-0.39, 0.29) is 35.8 Å². The minimum absolute atomic E-state index is 0.00148. The van der Waals surface area contributed by atoms with Gasteiger partial charge in [-0.05, 0) is 30.7 Å². The summed E-state index contributed by atoms with van der Waals surface area (Å²) in [6.45, 7) is 0.290.